The number of aliphatic hydroxyl groups excluding tert-OH is 1. The van der Waals surface area contributed by atoms with Crippen molar-refractivity contribution in [3.05, 3.63) is 73.3 Å². The van der Waals surface area contributed by atoms with Gasteiger partial charge in [-0.2, -0.15) is 0 Å². The van der Waals surface area contributed by atoms with E-state index in [0.717, 1.165) is 12.1 Å². The number of nitrogens with zero attached hydrogens (tertiary/aromatic N) is 2. The van der Waals surface area contributed by atoms with Crippen LogP contribution in [0.4, 0.5) is 16.2 Å². The Bertz CT molecular complexity index is 841. The molecule has 0 saturated heterocycles. The highest BCUT2D eigenvalue weighted by molar-refractivity contribution is 6.34. The summed E-state index contributed by atoms with van der Waals surface area (Å²) in [7, 11) is 0. The molecule has 11 heteroatoms. The maximum atomic E-state index is 12.0. The summed E-state index contributed by atoms with van der Waals surface area (Å²) in [6, 6.07) is 9.37. The number of nitrogens with one attached hydrogen (secondary N) is 1. The first-order valence-electron chi connectivity index (χ1n) is 7.54. The number of ether oxygens (including phenoxy) is 1. The van der Waals surface area contributed by atoms with Gasteiger partial charge in [0.15, 0.2) is 5.02 Å². The maximum absolute atomic E-state index is 12.0. The van der Waals surface area contributed by atoms with Crippen LogP contribution in [-0.2, 0) is 0 Å². The smallest absolute Gasteiger partial charge is 0.410 e. The van der Waals surface area contributed by atoms with Crippen LogP contribution in [0.2, 0.25) is 5.02 Å². The van der Waals surface area contributed by atoms with E-state index >= 15 is 0 Å². The third-order valence-electron chi connectivity index (χ3n) is 3.57. The summed E-state index contributed by atoms with van der Waals surface area (Å²) in [5.41, 5.74) is -0.986. The van der Waals surface area contributed by atoms with E-state index in [-0.39, 0.29) is 0 Å². The molecule has 0 saturated carbocycles. The maximum Gasteiger partial charge on any atom is 0.412 e. The molecule has 0 fully saturated rings. The Morgan fingerprint density at radius 3 is 2.15 bits per heavy atom. The second kappa shape index (κ2) is 8.43. The molecule has 1 amide bonds. The first-order valence-corrected chi connectivity index (χ1v) is 7.92. The van der Waals surface area contributed by atoms with Crippen LogP contribution in [0.15, 0.2) is 42.5 Å². The lowest BCUT2D eigenvalue weighted by molar-refractivity contribution is -0.394. The lowest BCUT2D eigenvalue weighted by Crippen LogP contribution is -2.38. The van der Waals surface area contributed by atoms with Gasteiger partial charge in [-0.05, 0) is 12.5 Å². The topological polar surface area (TPSA) is 145 Å². The van der Waals surface area contributed by atoms with Crippen molar-refractivity contribution in [2.45, 2.75) is 19.1 Å². The second-order valence-electron chi connectivity index (χ2n) is 5.47. The molecule has 0 bridgehead atoms. The molecule has 0 spiro atoms. The summed E-state index contributed by atoms with van der Waals surface area (Å²) in [6.45, 7) is 1.52. The predicted octanol–water partition coefficient (Wildman–Crippen LogP) is 3.37. The van der Waals surface area contributed by atoms with Crippen LogP contribution in [-0.4, -0.2) is 27.1 Å². The average Bonchev–Trinajstić information content (AvgIpc) is 2.62. The van der Waals surface area contributed by atoms with E-state index in [1.807, 2.05) is 0 Å². The van der Waals surface area contributed by atoms with Gasteiger partial charge in [0.1, 0.15) is 5.75 Å². The number of benzene rings is 2. The van der Waals surface area contributed by atoms with E-state index in [2.05, 4.69) is 5.32 Å². The molecule has 0 aromatic heterocycles. The van der Waals surface area contributed by atoms with Crippen LogP contribution in [0.5, 0.6) is 5.75 Å². The Morgan fingerprint density at radius 2 is 1.67 bits per heavy atom. The summed E-state index contributed by atoms with van der Waals surface area (Å²) < 4.78 is 4.88. The summed E-state index contributed by atoms with van der Waals surface area (Å²) >= 11 is 5.63. The van der Waals surface area contributed by atoms with Crippen molar-refractivity contribution >= 4 is 29.1 Å². The Kier molecular flexibility index (Phi) is 6.27. The Labute approximate surface area is 157 Å². The minimum absolute atomic E-state index is 0.434. The van der Waals surface area contributed by atoms with E-state index in [1.165, 1.54) is 6.92 Å². The van der Waals surface area contributed by atoms with Gasteiger partial charge in [0.05, 0.1) is 34.1 Å². The SMILES string of the molecule is C[C@H](NC(=O)Oc1cc([N+](=O)[O-])c(Cl)c([N+](=O)[O-])c1)[C@@H](O)c1ccccc1. The molecule has 142 valence electrons. The van der Waals surface area contributed by atoms with E-state index < -0.39 is 50.2 Å². The second-order valence-corrected chi connectivity index (χ2v) is 5.85. The molecule has 2 atom stereocenters. The van der Waals surface area contributed by atoms with E-state index in [0.29, 0.717) is 5.56 Å². The minimum Gasteiger partial charge on any atom is -0.410 e. The average molecular weight is 396 g/mol. The van der Waals surface area contributed by atoms with E-state index in [1.54, 1.807) is 30.3 Å². The number of carbonyl (C=O) groups is 1. The highest BCUT2D eigenvalue weighted by Gasteiger charge is 2.27. The van der Waals surface area contributed by atoms with Crippen molar-refractivity contribution in [1.82, 2.24) is 5.32 Å². The van der Waals surface area contributed by atoms with Crippen LogP contribution in [0, 0.1) is 20.2 Å². The van der Waals surface area contributed by atoms with Crippen LogP contribution < -0.4 is 10.1 Å². The van der Waals surface area contributed by atoms with Gasteiger partial charge in [-0.25, -0.2) is 4.79 Å². The number of halogens is 1. The van der Waals surface area contributed by atoms with Gasteiger partial charge in [0.25, 0.3) is 11.4 Å². The summed E-state index contributed by atoms with van der Waals surface area (Å²) in [6.07, 6.45) is -2.09. The fraction of sp³-hybridized carbons (Fsp3) is 0.188. The number of nitro benzene ring substituents is 2. The van der Waals surface area contributed by atoms with Crippen molar-refractivity contribution in [2.24, 2.45) is 0 Å². The number of aliphatic hydroxyl groups is 1. The van der Waals surface area contributed by atoms with Crippen molar-refractivity contribution in [2.75, 3.05) is 0 Å². The molecule has 2 rings (SSSR count). The first-order chi connectivity index (χ1) is 12.7. The Hall–Kier alpha value is -3.24. The van der Waals surface area contributed by atoms with Gasteiger partial charge in [0.2, 0.25) is 0 Å². The third-order valence-corrected chi connectivity index (χ3v) is 3.96. The van der Waals surface area contributed by atoms with Crippen LogP contribution in [0.1, 0.15) is 18.6 Å². The Morgan fingerprint density at radius 1 is 1.15 bits per heavy atom. The lowest BCUT2D eigenvalue weighted by Gasteiger charge is -2.20. The first kappa shape index (κ1) is 20.1. The molecule has 27 heavy (non-hydrogen) atoms. The van der Waals surface area contributed by atoms with Crippen molar-refractivity contribution < 1.29 is 24.5 Å². The standard InChI is InChI=1S/C16H14ClN3O7/c1-9(15(21)10-5-3-2-4-6-10)18-16(22)27-11-7-12(19(23)24)14(17)13(8-11)20(25)26/h2-9,15,21H,1H3,(H,18,22)/t9-,15+/m0/s1. The number of hydrogen-bond acceptors (Lipinski definition) is 7. The molecule has 0 heterocycles. The number of carbonyl (C=O) groups excluding carboxylic acids is 1. The molecule has 0 unspecified atom stereocenters. The van der Waals surface area contributed by atoms with E-state index in [9.17, 15) is 30.1 Å². The molecule has 0 radical (unpaired) electrons. The normalized spacial score (nSPS) is 12.7. The molecule has 0 aliphatic carbocycles. The number of nitro groups is 2. The highest BCUT2D eigenvalue weighted by atomic mass is 35.5. The molecular formula is C16H14ClN3O7. The lowest BCUT2D eigenvalue weighted by atomic mass is 10.0. The fourth-order valence-corrected chi connectivity index (χ4v) is 2.48. The van der Waals surface area contributed by atoms with Crippen molar-refractivity contribution in [1.29, 1.82) is 0 Å². The molecule has 2 aromatic carbocycles. The Balaban J connectivity index is 2.15. The molecule has 2 N–H and O–H groups in total. The van der Waals surface area contributed by atoms with Gasteiger partial charge < -0.3 is 15.2 Å². The minimum atomic E-state index is -1.05. The summed E-state index contributed by atoms with van der Waals surface area (Å²) in [5.74, 6) is -0.434. The van der Waals surface area contributed by atoms with Crippen molar-refractivity contribution in [3.8, 4) is 5.75 Å². The van der Waals surface area contributed by atoms with Gasteiger partial charge in [-0.15, -0.1) is 0 Å². The van der Waals surface area contributed by atoms with Crippen molar-refractivity contribution in [3.63, 3.8) is 0 Å². The van der Waals surface area contributed by atoms with Crippen LogP contribution in [0.25, 0.3) is 0 Å². The monoisotopic (exact) mass is 395 g/mol. The zero-order chi connectivity index (χ0) is 20.1. The van der Waals surface area contributed by atoms with Gasteiger partial charge in [-0.1, -0.05) is 41.9 Å². The predicted molar refractivity (Wildman–Crippen MR) is 94.8 cm³/mol. The molecule has 2 aromatic rings. The van der Waals surface area contributed by atoms with Crippen LogP contribution in [0.3, 0.4) is 0 Å². The quantitative estimate of drug-likeness (QED) is 0.563. The van der Waals surface area contributed by atoms with Gasteiger partial charge in [0, 0.05) is 0 Å². The molecular weight excluding hydrogens is 382 g/mol. The number of hydrogen-bond donors (Lipinski definition) is 2. The number of amides is 1. The van der Waals surface area contributed by atoms with Crippen LogP contribution >= 0.6 is 11.6 Å². The molecule has 10 nitrogen and oxygen atoms in total. The summed E-state index contributed by atoms with van der Waals surface area (Å²) in [5, 5.41) is 33.8. The summed E-state index contributed by atoms with van der Waals surface area (Å²) in [4.78, 5) is 32.1. The third kappa shape index (κ3) is 4.90. The zero-order valence-electron chi connectivity index (χ0n) is 13.9. The van der Waals surface area contributed by atoms with Gasteiger partial charge in [-0.3, -0.25) is 20.2 Å². The fourth-order valence-electron chi connectivity index (χ4n) is 2.23. The largest absolute Gasteiger partial charge is 0.412 e. The molecule has 0 aliphatic rings. The van der Waals surface area contributed by atoms with E-state index in [4.69, 9.17) is 16.3 Å². The highest BCUT2D eigenvalue weighted by Crippen LogP contribution is 2.37. The molecule has 0 aliphatic heterocycles. The van der Waals surface area contributed by atoms with Gasteiger partial charge >= 0.3 is 6.09 Å². The number of rotatable bonds is 6. The zero-order valence-corrected chi connectivity index (χ0v) is 14.6.